The molecule has 0 saturated heterocycles. The topological polar surface area (TPSA) is 80.9 Å². The Bertz CT molecular complexity index is 576. The van der Waals surface area contributed by atoms with Crippen molar-refractivity contribution in [3.8, 4) is 0 Å². The van der Waals surface area contributed by atoms with Gasteiger partial charge < -0.3 is 11.1 Å². The number of carbonyl (C=O) groups excluding carboxylic acids is 1. The van der Waals surface area contributed by atoms with Crippen LogP contribution in [0.25, 0.3) is 0 Å². The van der Waals surface area contributed by atoms with E-state index in [1.54, 1.807) is 0 Å². The Kier molecular flexibility index (Phi) is 5.03. The first-order chi connectivity index (χ1) is 9.65. The van der Waals surface area contributed by atoms with Gasteiger partial charge in [0.2, 0.25) is 5.91 Å². The van der Waals surface area contributed by atoms with Gasteiger partial charge in [0.15, 0.2) is 0 Å². The van der Waals surface area contributed by atoms with Crippen molar-refractivity contribution in [1.82, 2.24) is 9.97 Å². The number of aryl methyl sites for hydroxylation is 1. The molecule has 0 spiro atoms. The first-order valence-electron chi connectivity index (χ1n) is 6.23. The molecule has 104 valence electrons. The van der Waals surface area contributed by atoms with Crippen LogP contribution in [0.5, 0.6) is 0 Å². The molecule has 6 heteroatoms. The number of anilines is 1. The largest absolute Gasteiger partial charge is 0.320 e. The van der Waals surface area contributed by atoms with Crippen molar-refractivity contribution in [3.05, 3.63) is 53.4 Å². The number of nitrogens with zero attached hydrogens (tertiary/aromatic N) is 2. The SMILES string of the molecule is N[C@@H](CCc1ccccc1)C(=O)Nc1cc(Cl)ncn1. The van der Waals surface area contributed by atoms with E-state index in [2.05, 4.69) is 15.3 Å². The van der Waals surface area contributed by atoms with Gasteiger partial charge >= 0.3 is 0 Å². The van der Waals surface area contributed by atoms with Crippen LogP contribution in [-0.2, 0) is 11.2 Å². The number of amides is 1. The standard InChI is InChI=1S/C14H15ClN4O/c15-12-8-13(18-9-17-12)19-14(20)11(16)7-6-10-4-2-1-3-5-10/h1-5,8-9,11H,6-7,16H2,(H,17,18,19,20)/t11-/m0/s1. The minimum atomic E-state index is -0.594. The lowest BCUT2D eigenvalue weighted by atomic mass is 10.1. The summed E-state index contributed by atoms with van der Waals surface area (Å²) in [6.45, 7) is 0. The monoisotopic (exact) mass is 290 g/mol. The second-order valence-electron chi connectivity index (χ2n) is 4.35. The molecule has 2 rings (SSSR count). The molecule has 0 unspecified atom stereocenters. The summed E-state index contributed by atoms with van der Waals surface area (Å²) in [5.41, 5.74) is 7.02. The Morgan fingerprint density at radius 2 is 2.05 bits per heavy atom. The van der Waals surface area contributed by atoms with Crippen LogP contribution in [0.3, 0.4) is 0 Å². The molecule has 2 aromatic rings. The molecule has 1 heterocycles. The molecule has 20 heavy (non-hydrogen) atoms. The predicted molar refractivity (Wildman–Crippen MR) is 78.4 cm³/mol. The van der Waals surface area contributed by atoms with Gasteiger partial charge in [0.25, 0.3) is 0 Å². The van der Waals surface area contributed by atoms with Crippen LogP contribution in [-0.4, -0.2) is 21.9 Å². The maximum Gasteiger partial charge on any atom is 0.242 e. The van der Waals surface area contributed by atoms with E-state index in [9.17, 15) is 4.79 Å². The Hall–Kier alpha value is -1.98. The van der Waals surface area contributed by atoms with Crippen molar-refractivity contribution in [1.29, 1.82) is 0 Å². The highest BCUT2D eigenvalue weighted by molar-refractivity contribution is 6.29. The summed E-state index contributed by atoms with van der Waals surface area (Å²) in [6, 6.07) is 10.8. The van der Waals surface area contributed by atoms with Crippen LogP contribution in [0.15, 0.2) is 42.7 Å². The lowest BCUT2D eigenvalue weighted by molar-refractivity contribution is -0.117. The van der Waals surface area contributed by atoms with E-state index in [1.165, 1.54) is 12.4 Å². The average molecular weight is 291 g/mol. The van der Waals surface area contributed by atoms with Gasteiger partial charge in [-0.05, 0) is 18.4 Å². The number of nitrogens with one attached hydrogen (secondary N) is 1. The molecule has 0 aliphatic heterocycles. The second kappa shape index (κ2) is 6.98. The molecule has 0 bridgehead atoms. The summed E-state index contributed by atoms with van der Waals surface area (Å²) >= 11 is 5.72. The summed E-state index contributed by atoms with van der Waals surface area (Å²) in [5, 5.41) is 2.89. The van der Waals surface area contributed by atoms with Gasteiger partial charge in [0.1, 0.15) is 17.3 Å². The summed E-state index contributed by atoms with van der Waals surface area (Å²) in [6.07, 6.45) is 2.60. The number of hydrogen-bond acceptors (Lipinski definition) is 4. The summed E-state index contributed by atoms with van der Waals surface area (Å²) in [4.78, 5) is 19.5. The number of carbonyl (C=O) groups is 1. The van der Waals surface area contributed by atoms with Gasteiger partial charge in [-0.3, -0.25) is 4.79 Å². The highest BCUT2D eigenvalue weighted by Gasteiger charge is 2.14. The fourth-order valence-electron chi connectivity index (χ4n) is 1.72. The first-order valence-corrected chi connectivity index (χ1v) is 6.61. The van der Waals surface area contributed by atoms with Crippen molar-refractivity contribution < 1.29 is 4.79 Å². The van der Waals surface area contributed by atoms with Crippen molar-refractivity contribution in [3.63, 3.8) is 0 Å². The molecule has 0 aliphatic rings. The number of nitrogens with two attached hydrogens (primary N) is 1. The Balaban J connectivity index is 1.86. The maximum atomic E-state index is 11.9. The number of halogens is 1. The van der Waals surface area contributed by atoms with Crippen molar-refractivity contribution in [2.24, 2.45) is 5.73 Å². The average Bonchev–Trinajstić information content (AvgIpc) is 2.46. The molecule has 0 radical (unpaired) electrons. The molecule has 5 nitrogen and oxygen atoms in total. The third kappa shape index (κ3) is 4.29. The molecule has 1 amide bonds. The first kappa shape index (κ1) is 14.4. The fourth-order valence-corrected chi connectivity index (χ4v) is 1.87. The van der Waals surface area contributed by atoms with Gasteiger partial charge in [0.05, 0.1) is 6.04 Å². The minimum Gasteiger partial charge on any atom is -0.320 e. The molecular weight excluding hydrogens is 276 g/mol. The number of aromatic nitrogens is 2. The van der Waals surface area contributed by atoms with Crippen LogP contribution in [0.1, 0.15) is 12.0 Å². The molecule has 3 N–H and O–H groups in total. The van der Waals surface area contributed by atoms with Gasteiger partial charge in [-0.15, -0.1) is 0 Å². The quantitative estimate of drug-likeness (QED) is 0.826. The molecule has 0 fully saturated rings. The second-order valence-corrected chi connectivity index (χ2v) is 4.73. The Labute approximate surface area is 122 Å². The van der Waals surface area contributed by atoms with E-state index in [4.69, 9.17) is 17.3 Å². The Morgan fingerprint density at radius 1 is 1.30 bits per heavy atom. The van der Waals surface area contributed by atoms with E-state index in [0.29, 0.717) is 12.2 Å². The normalized spacial score (nSPS) is 11.9. The van der Waals surface area contributed by atoms with E-state index in [-0.39, 0.29) is 11.1 Å². The number of rotatable bonds is 5. The van der Waals surface area contributed by atoms with E-state index >= 15 is 0 Å². The van der Waals surface area contributed by atoms with E-state index in [1.807, 2.05) is 30.3 Å². The molecular formula is C14H15ClN4O. The fraction of sp³-hybridized carbons (Fsp3) is 0.214. The van der Waals surface area contributed by atoms with Gasteiger partial charge in [-0.2, -0.15) is 0 Å². The van der Waals surface area contributed by atoms with E-state index in [0.717, 1.165) is 12.0 Å². The summed E-state index contributed by atoms with van der Waals surface area (Å²) < 4.78 is 0. The van der Waals surface area contributed by atoms with E-state index < -0.39 is 6.04 Å². The molecule has 1 aromatic heterocycles. The maximum absolute atomic E-state index is 11.9. The zero-order valence-electron chi connectivity index (χ0n) is 10.8. The van der Waals surface area contributed by atoms with Crippen molar-refractivity contribution >= 4 is 23.3 Å². The van der Waals surface area contributed by atoms with Crippen LogP contribution < -0.4 is 11.1 Å². The number of benzene rings is 1. The third-order valence-corrected chi connectivity index (χ3v) is 3.02. The zero-order chi connectivity index (χ0) is 14.4. The van der Waals surface area contributed by atoms with Gasteiger partial charge in [0, 0.05) is 6.07 Å². The molecule has 1 aromatic carbocycles. The molecule has 1 atom stereocenters. The lowest BCUT2D eigenvalue weighted by Crippen LogP contribution is -2.36. The smallest absolute Gasteiger partial charge is 0.242 e. The molecule has 0 aliphatic carbocycles. The Morgan fingerprint density at radius 3 is 2.75 bits per heavy atom. The van der Waals surface area contributed by atoms with Crippen molar-refractivity contribution in [2.45, 2.75) is 18.9 Å². The minimum absolute atomic E-state index is 0.271. The van der Waals surface area contributed by atoms with Crippen LogP contribution in [0, 0.1) is 0 Å². The highest BCUT2D eigenvalue weighted by atomic mass is 35.5. The summed E-state index contributed by atoms with van der Waals surface area (Å²) in [7, 11) is 0. The van der Waals surface area contributed by atoms with Gasteiger partial charge in [-0.1, -0.05) is 41.9 Å². The van der Waals surface area contributed by atoms with Crippen molar-refractivity contribution in [2.75, 3.05) is 5.32 Å². The zero-order valence-corrected chi connectivity index (χ0v) is 11.5. The van der Waals surface area contributed by atoms with Gasteiger partial charge in [-0.25, -0.2) is 9.97 Å². The summed E-state index contributed by atoms with van der Waals surface area (Å²) in [5.74, 6) is 0.0702. The predicted octanol–water partition coefficient (Wildman–Crippen LogP) is 2.03. The highest BCUT2D eigenvalue weighted by Crippen LogP contribution is 2.10. The lowest BCUT2D eigenvalue weighted by Gasteiger charge is -2.11. The third-order valence-electron chi connectivity index (χ3n) is 2.81. The van der Waals surface area contributed by atoms with Crippen LogP contribution >= 0.6 is 11.6 Å². The molecule has 0 saturated carbocycles. The number of hydrogen-bond donors (Lipinski definition) is 2. The van der Waals surface area contributed by atoms with Crippen LogP contribution in [0.2, 0.25) is 5.15 Å². The van der Waals surface area contributed by atoms with Crippen LogP contribution in [0.4, 0.5) is 5.82 Å².